The van der Waals surface area contributed by atoms with Crippen molar-refractivity contribution in [2.75, 3.05) is 37.7 Å². The maximum atomic E-state index is 13.4. The number of hydrogen-bond donors (Lipinski definition) is 1. The van der Waals surface area contributed by atoms with E-state index in [1.165, 1.54) is 11.3 Å². The third-order valence-corrected chi connectivity index (χ3v) is 7.14. The van der Waals surface area contributed by atoms with Crippen molar-refractivity contribution in [1.82, 2.24) is 14.9 Å². The summed E-state index contributed by atoms with van der Waals surface area (Å²) in [5.74, 6) is 0.0239. The molecule has 0 bridgehead atoms. The Morgan fingerprint density at radius 2 is 1.62 bits per heavy atom. The van der Waals surface area contributed by atoms with Crippen molar-refractivity contribution in [3.8, 4) is 11.3 Å². The molecule has 5 rings (SSSR count). The minimum atomic E-state index is 0.0239. The number of amides is 1. The number of benzene rings is 3. The largest absolute Gasteiger partial charge is 0.396 e. The first kappa shape index (κ1) is 25.2. The van der Waals surface area contributed by atoms with Gasteiger partial charge in [-0.05, 0) is 68.7 Å². The van der Waals surface area contributed by atoms with Crippen LogP contribution in [0.3, 0.4) is 0 Å². The van der Waals surface area contributed by atoms with E-state index >= 15 is 0 Å². The number of rotatable bonds is 7. The van der Waals surface area contributed by atoms with Crippen LogP contribution in [-0.2, 0) is 6.42 Å². The molecule has 2 heterocycles. The van der Waals surface area contributed by atoms with E-state index in [1.54, 1.807) is 0 Å². The molecule has 1 N–H and O–H groups in total. The van der Waals surface area contributed by atoms with E-state index in [0.717, 1.165) is 42.0 Å². The molecule has 0 saturated carbocycles. The second-order valence-electron chi connectivity index (χ2n) is 9.52. The average molecular weight is 515 g/mol. The standard InChI is InChI=1S/C30H31ClN4O2/c1-21-5-12-25(13-6-21)34-15-17-35(18-16-34)30(37)23-9-14-26-28(20-23)32-27(4-2-3-19-36)29(33-26)22-7-10-24(31)11-8-22/h5-14,20,36H,2-4,15-19H2,1H3. The first-order valence-electron chi connectivity index (χ1n) is 12.8. The summed E-state index contributed by atoms with van der Waals surface area (Å²) in [7, 11) is 0. The van der Waals surface area contributed by atoms with Crippen molar-refractivity contribution in [3.63, 3.8) is 0 Å². The molecule has 7 heteroatoms. The fraction of sp³-hybridized carbons (Fsp3) is 0.300. The molecule has 0 unspecified atom stereocenters. The number of fused-ring (bicyclic) bond motifs is 1. The number of piperazine rings is 1. The minimum absolute atomic E-state index is 0.0239. The molecular formula is C30H31ClN4O2. The molecule has 1 amide bonds. The first-order chi connectivity index (χ1) is 18.0. The van der Waals surface area contributed by atoms with Gasteiger partial charge in [-0.2, -0.15) is 0 Å². The number of aliphatic hydroxyl groups excluding tert-OH is 1. The molecule has 37 heavy (non-hydrogen) atoms. The summed E-state index contributed by atoms with van der Waals surface area (Å²) >= 11 is 6.09. The Morgan fingerprint density at radius 1 is 0.892 bits per heavy atom. The zero-order chi connectivity index (χ0) is 25.8. The summed E-state index contributed by atoms with van der Waals surface area (Å²) in [5.41, 5.74) is 7.15. The number of carbonyl (C=O) groups excluding carboxylic acids is 1. The lowest BCUT2D eigenvalue weighted by Gasteiger charge is -2.36. The van der Waals surface area contributed by atoms with E-state index in [0.29, 0.717) is 42.0 Å². The Morgan fingerprint density at radius 3 is 2.32 bits per heavy atom. The Kier molecular flexibility index (Phi) is 7.68. The number of hydrogen-bond acceptors (Lipinski definition) is 5. The molecule has 0 radical (unpaired) electrons. The molecule has 0 atom stereocenters. The van der Waals surface area contributed by atoms with Crippen molar-refractivity contribution in [2.45, 2.75) is 26.2 Å². The number of anilines is 1. The van der Waals surface area contributed by atoms with Gasteiger partial charge < -0.3 is 14.9 Å². The maximum absolute atomic E-state index is 13.4. The summed E-state index contributed by atoms with van der Waals surface area (Å²) in [6.07, 6.45) is 2.20. The van der Waals surface area contributed by atoms with Gasteiger partial charge in [0.05, 0.1) is 22.4 Å². The second-order valence-corrected chi connectivity index (χ2v) is 9.96. The third kappa shape index (κ3) is 5.76. The number of nitrogens with zero attached hydrogens (tertiary/aromatic N) is 4. The van der Waals surface area contributed by atoms with Crippen molar-refractivity contribution in [1.29, 1.82) is 0 Å². The highest BCUT2D eigenvalue weighted by Gasteiger charge is 2.23. The second kappa shape index (κ2) is 11.3. The van der Waals surface area contributed by atoms with Crippen LogP contribution in [0.5, 0.6) is 0 Å². The first-order valence-corrected chi connectivity index (χ1v) is 13.2. The van der Waals surface area contributed by atoms with E-state index in [4.69, 9.17) is 21.6 Å². The lowest BCUT2D eigenvalue weighted by atomic mass is 10.0. The van der Waals surface area contributed by atoms with Crippen LogP contribution >= 0.6 is 11.6 Å². The zero-order valence-electron chi connectivity index (χ0n) is 21.0. The van der Waals surface area contributed by atoms with E-state index in [-0.39, 0.29) is 12.5 Å². The van der Waals surface area contributed by atoms with Crippen molar-refractivity contribution in [3.05, 3.63) is 88.6 Å². The van der Waals surface area contributed by atoms with Crippen molar-refractivity contribution >= 4 is 34.2 Å². The average Bonchev–Trinajstić information content (AvgIpc) is 2.93. The predicted octanol–water partition coefficient (Wildman–Crippen LogP) is 5.54. The van der Waals surface area contributed by atoms with Gasteiger partial charge in [0.15, 0.2) is 0 Å². The molecule has 4 aromatic rings. The molecule has 1 fully saturated rings. The van der Waals surface area contributed by atoms with E-state index < -0.39 is 0 Å². The topological polar surface area (TPSA) is 69.6 Å². The molecule has 1 aliphatic heterocycles. The van der Waals surface area contributed by atoms with Gasteiger partial charge in [-0.15, -0.1) is 0 Å². The van der Waals surface area contributed by atoms with Gasteiger partial charge >= 0.3 is 0 Å². The lowest BCUT2D eigenvalue weighted by Crippen LogP contribution is -2.48. The van der Waals surface area contributed by atoms with Crippen LogP contribution < -0.4 is 4.90 Å². The van der Waals surface area contributed by atoms with Crippen LogP contribution in [0.15, 0.2) is 66.7 Å². The molecule has 1 aromatic heterocycles. The summed E-state index contributed by atoms with van der Waals surface area (Å²) in [6.45, 7) is 5.21. The van der Waals surface area contributed by atoms with Gasteiger partial charge in [0.2, 0.25) is 0 Å². The highest BCUT2D eigenvalue weighted by Crippen LogP contribution is 2.27. The third-order valence-electron chi connectivity index (χ3n) is 6.89. The number of aryl methyl sites for hydroxylation is 2. The number of aromatic nitrogens is 2. The number of aliphatic hydroxyl groups is 1. The van der Waals surface area contributed by atoms with Gasteiger partial charge in [-0.3, -0.25) is 4.79 Å². The summed E-state index contributed by atoms with van der Waals surface area (Å²) in [4.78, 5) is 27.5. The van der Waals surface area contributed by atoms with Gasteiger partial charge in [-0.25, -0.2) is 9.97 Å². The van der Waals surface area contributed by atoms with Gasteiger partial charge in [0.1, 0.15) is 0 Å². The summed E-state index contributed by atoms with van der Waals surface area (Å²) < 4.78 is 0. The number of carbonyl (C=O) groups is 1. The molecule has 0 spiro atoms. The number of halogens is 1. The maximum Gasteiger partial charge on any atom is 0.254 e. The fourth-order valence-electron chi connectivity index (χ4n) is 4.75. The normalized spacial score (nSPS) is 13.8. The highest BCUT2D eigenvalue weighted by atomic mass is 35.5. The van der Waals surface area contributed by atoms with Crippen LogP contribution in [-0.4, -0.2) is 58.7 Å². The van der Waals surface area contributed by atoms with E-state index in [1.807, 2.05) is 47.4 Å². The Balaban J connectivity index is 1.37. The Labute approximate surface area is 222 Å². The SMILES string of the molecule is Cc1ccc(N2CCN(C(=O)c3ccc4nc(-c5ccc(Cl)cc5)c(CCCCO)nc4c3)CC2)cc1. The highest BCUT2D eigenvalue weighted by molar-refractivity contribution is 6.30. The van der Waals surface area contributed by atoms with E-state index in [9.17, 15) is 9.90 Å². The van der Waals surface area contributed by atoms with Crippen LogP contribution in [0.1, 0.15) is 34.5 Å². The fourth-order valence-corrected chi connectivity index (χ4v) is 4.87. The quantitative estimate of drug-likeness (QED) is 0.328. The van der Waals surface area contributed by atoms with Gasteiger partial charge in [0, 0.05) is 54.6 Å². The molecule has 0 aliphatic carbocycles. The molecule has 190 valence electrons. The monoisotopic (exact) mass is 514 g/mol. The molecule has 1 aliphatic rings. The van der Waals surface area contributed by atoms with Crippen LogP contribution in [0.2, 0.25) is 5.02 Å². The van der Waals surface area contributed by atoms with Crippen molar-refractivity contribution < 1.29 is 9.90 Å². The number of unbranched alkanes of at least 4 members (excludes halogenated alkanes) is 1. The summed E-state index contributed by atoms with van der Waals surface area (Å²) in [5, 5.41) is 9.92. The van der Waals surface area contributed by atoms with E-state index in [2.05, 4.69) is 36.1 Å². The smallest absolute Gasteiger partial charge is 0.254 e. The Hall–Kier alpha value is -3.48. The zero-order valence-corrected chi connectivity index (χ0v) is 21.8. The van der Waals surface area contributed by atoms with Gasteiger partial charge in [-0.1, -0.05) is 41.4 Å². The Bertz CT molecular complexity index is 1380. The lowest BCUT2D eigenvalue weighted by molar-refractivity contribution is 0.0747. The molecule has 1 saturated heterocycles. The minimum Gasteiger partial charge on any atom is -0.396 e. The summed E-state index contributed by atoms with van der Waals surface area (Å²) in [6, 6.07) is 21.7. The van der Waals surface area contributed by atoms with Crippen LogP contribution in [0.4, 0.5) is 5.69 Å². The molecule has 3 aromatic carbocycles. The molecular weight excluding hydrogens is 484 g/mol. The predicted molar refractivity (Wildman–Crippen MR) is 149 cm³/mol. The molecule has 6 nitrogen and oxygen atoms in total. The van der Waals surface area contributed by atoms with Gasteiger partial charge in [0.25, 0.3) is 5.91 Å². The van der Waals surface area contributed by atoms with Crippen molar-refractivity contribution in [2.24, 2.45) is 0 Å². The van der Waals surface area contributed by atoms with Crippen LogP contribution in [0, 0.1) is 6.92 Å². The van der Waals surface area contributed by atoms with Crippen LogP contribution in [0.25, 0.3) is 22.3 Å².